The van der Waals surface area contributed by atoms with Crippen molar-refractivity contribution in [2.75, 3.05) is 5.32 Å². The molecule has 0 spiro atoms. The topological polar surface area (TPSA) is 94.7 Å². The number of carbonyl (C=O) groups excluding carboxylic acids is 1. The van der Waals surface area contributed by atoms with Gasteiger partial charge in [-0.05, 0) is 37.1 Å². The largest absolute Gasteiger partial charge is 0.326 e. The third-order valence-electron chi connectivity index (χ3n) is 6.17. The van der Waals surface area contributed by atoms with Crippen LogP contribution in [0.2, 0.25) is 0 Å². The molecule has 0 saturated heterocycles. The molecular weight excluding hydrogens is 416 g/mol. The number of nitrogens with zero attached hydrogens (tertiary/aromatic N) is 5. The highest BCUT2D eigenvalue weighted by Gasteiger charge is 2.16. The molecule has 0 fully saturated rings. The van der Waals surface area contributed by atoms with Gasteiger partial charge in [0.15, 0.2) is 5.82 Å². The van der Waals surface area contributed by atoms with E-state index in [9.17, 15) is 9.59 Å². The van der Waals surface area contributed by atoms with Gasteiger partial charge in [-0.3, -0.25) is 14.2 Å². The van der Waals surface area contributed by atoms with Gasteiger partial charge in [0.2, 0.25) is 5.91 Å². The molecule has 5 rings (SSSR count). The van der Waals surface area contributed by atoms with Crippen LogP contribution in [0.5, 0.6) is 0 Å². The van der Waals surface area contributed by atoms with E-state index in [-0.39, 0.29) is 17.9 Å². The smallest absolute Gasteiger partial charge is 0.261 e. The van der Waals surface area contributed by atoms with Gasteiger partial charge in [0.05, 0.1) is 10.9 Å². The number of anilines is 1. The number of carbonyl (C=O) groups is 1. The number of amides is 1. The Morgan fingerprint density at radius 1 is 1.06 bits per heavy atom. The molecule has 0 aliphatic carbocycles. The maximum Gasteiger partial charge on any atom is 0.261 e. The first-order valence-electron chi connectivity index (χ1n) is 11.4. The predicted molar refractivity (Wildman–Crippen MR) is 127 cm³/mol. The van der Waals surface area contributed by atoms with E-state index in [2.05, 4.69) is 25.1 Å². The summed E-state index contributed by atoms with van der Waals surface area (Å²) in [5, 5.41) is 12.3. The van der Waals surface area contributed by atoms with Crippen molar-refractivity contribution in [1.82, 2.24) is 24.3 Å². The first-order valence-corrected chi connectivity index (χ1v) is 11.4. The monoisotopic (exact) mass is 442 g/mol. The van der Waals surface area contributed by atoms with E-state index in [1.54, 1.807) is 13.1 Å². The van der Waals surface area contributed by atoms with Gasteiger partial charge >= 0.3 is 0 Å². The Balaban J connectivity index is 1.30. The first-order chi connectivity index (χ1) is 16.1. The van der Waals surface area contributed by atoms with Crippen molar-refractivity contribution < 1.29 is 4.79 Å². The number of rotatable bonds is 5. The molecule has 1 aliphatic rings. The van der Waals surface area contributed by atoms with Crippen LogP contribution in [0.1, 0.15) is 37.3 Å². The van der Waals surface area contributed by atoms with Gasteiger partial charge in [0.25, 0.3) is 5.56 Å². The Morgan fingerprint density at radius 2 is 1.94 bits per heavy atom. The number of aromatic nitrogens is 5. The van der Waals surface area contributed by atoms with Crippen LogP contribution < -0.4 is 10.9 Å². The predicted octanol–water partition coefficient (Wildman–Crippen LogP) is 3.49. The molecule has 4 aromatic rings. The normalized spacial score (nSPS) is 13.5. The molecule has 0 atom stereocenters. The van der Waals surface area contributed by atoms with Gasteiger partial charge < -0.3 is 9.88 Å². The number of nitrogens with one attached hydrogen (secondary N) is 1. The summed E-state index contributed by atoms with van der Waals surface area (Å²) in [4.78, 5) is 29.8. The molecule has 3 heterocycles. The minimum absolute atomic E-state index is 0.101. The van der Waals surface area contributed by atoms with Crippen LogP contribution in [-0.2, 0) is 31.2 Å². The highest BCUT2D eigenvalue weighted by Crippen LogP contribution is 2.25. The van der Waals surface area contributed by atoms with E-state index < -0.39 is 0 Å². The summed E-state index contributed by atoms with van der Waals surface area (Å²) in [5.74, 6) is 2.34. The standard InChI is InChI=1S/C25H26N6O2/c1-30-21(27-20-11-5-4-10-19(20)25(30)33)13-14-23(32)26-18-9-7-8-17(16-18)24-29-28-22-12-3-2-6-15-31(22)24/h4-5,7-11,16H,2-3,6,12-15H2,1H3,(H,26,32). The number of aryl methyl sites for hydroxylation is 2. The average molecular weight is 443 g/mol. The van der Waals surface area contributed by atoms with Gasteiger partial charge in [-0.25, -0.2) is 4.98 Å². The lowest BCUT2D eigenvalue weighted by Crippen LogP contribution is -2.23. The Labute approximate surface area is 191 Å². The molecule has 0 radical (unpaired) electrons. The number of fused-ring (bicyclic) bond motifs is 2. The number of hydrogen-bond acceptors (Lipinski definition) is 5. The minimum atomic E-state index is -0.130. The number of hydrogen-bond donors (Lipinski definition) is 1. The molecule has 2 aromatic heterocycles. The lowest BCUT2D eigenvalue weighted by molar-refractivity contribution is -0.116. The van der Waals surface area contributed by atoms with Gasteiger partial charge in [0, 0.05) is 44.1 Å². The van der Waals surface area contributed by atoms with E-state index in [1.807, 2.05) is 42.5 Å². The SMILES string of the molecule is Cn1c(CCC(=O)Nc2cccc(-c3nnc4n3CCCCC4)c2)nc2ccccc2c1=O. The summed E-state index contributed by atoms with van der Waals surface area (Å²) in [6.45, 7) is 0.922. The third kappa shape index (κ3) is 4.28. The van der Waals surface area contributed by atoms with Crippen molar-refractivity contribution in [2.45, 2.75) is 45.1 Å². The quantitative estimate of drug-likeness (QED) is 0.511. The van der Waals surface area contributed by atoms with Gasteiger partial charge in [-0.1, -0.05) is 30.7 Å². The van der Waals surface area contributed by atoms with E-state index in [0.717, 1.165) is 43.0 Å². The first kappa shape index (κ1) is 21.1. The van der Waals surface area contributed by atoms with Crippen LogP contribution in [0, 0.1) is 0 Å². The molecule has 8 nitrogen and oxygen atoms in total. The zero-order chi connectivity index (χ0) is 22.8. The molecule has 1 N–H and O–H groups in total. The van der Waals surface area contributed by atoms with Crippen molar-refractivity contribution in [1.29, 1.82) is 0 Å². The van der Waals surface area contributed by atoms with Gasteiger partial charge in [0.1, 0.15) is 11.6 Å². The van der Waals surface area contributed by atoms with E-state index in [4.69, 9.17) is 0 Å². The number of benzene rings is 2. The molecular formula is C25H26N6O2. The highest BCUT2D eigenvalue weighted by molar-refractivity contribution is 5.91. The molecule has 0 unspecified atom stereocenters. The zero-order valence-electron chi connectivity index (χ0n) is 18.6. The summed E-state index contributed by atoms with van der Waals surface area (Å²) in [7, 11) is 1.69. The zero-order valence-corrected chi connectivity index (χ0v) is 18.6. The Kier molecular flexibility index (Phi) is 5.73. The number of para-hydroxylation sites is 1. The average Bonchev–Trinajstić information content (AvgIpc) is 3.09. The molecule has 1 aliphatic heterocycles. The molecule has 168 valence electrons. The fourth-order valence-electron chi connectivity index (χ4n) is 4.37. The maximum atomic E-state index is 12.7. The highest BCUT2D eigenvalue weighted by atomic mass is 16.1. The molecule has 8 heteroatoms. The van der Waals surface area contributed by atoms with E-state index >= 15 is 0 Å². The summed E-state index contributed by atoms with van der Waals surface area (Å²) >= 11 is 0. The molecule has 2 aromatic carbocycles. The minimum Gasteiger partial charge on any atom is -0.326 e. The van der Waals surface area contributed by atoms with Crippen molar-refractivity contribution in [3.8, 4) is 11.4 Å². The van der Waals surface area contributed by atoms with Crippen LogP contribution in [0.15, 0.2) is 53.3 Å². The van der Waals surface area contributed by atoms with Gasteiger partial charge in [-0.15, -0.1) is 10.2 Å². The van der Waals surface area contributed by atoms with Gasteiger partial charge in [-0.2, -0.15) is 0 Å². The molecule has 1 amide bonds. The maximum absolute atomic E-state index is 12.7. The summed E-state index contributed by atoms with van der Waals surface area (Å²) in [6.07, 6.45) is 5.03. The second-order valence-corrected chi connectivity index (χ2v) is 8.44. The molecule has 33 heavy (non-hydrogen) atoms. The lowest BCUT2D eigenvalue weighted by Gasteiger charge is -2.11. The summed E-state index contributed by atoms with van der Waals surface area (Å²) < 4.78 is 3.72. The van der Waals surface area contributed by atoms with Crippen LogP contribution in [0.4, 0.5) is 5.69 Å². The Hall–Kier alpha value is -3.81. The lowest BCUT2D eigenvalue weighted by atomic mass is 10.1. The van der Waals surface area contributed by atoms with Crippen LogP contribution in [0.25, 0.3) is 22.3 Å². The fraction of sp³-hybridized carbons (Fsp3) is 0.320. The third-order valence-corrected chi connectivity index (χ3v) is 6.17. The second kappa shape index (κ2) is 8.97. The van der Waals surface area contributed by atoms with E-state index in [0.29, 0.717) is 28.8 Å². The van der Waals surface area contributed by atoms with Crippen LogP contribution >= 0.6 is 0 Å². The van der Waals surface area contributed by atoms with Crippen molar-refractivity contribution >= 4 is 22.5 Å². The molecule has 0 saturated carbocycles. The van der Waals surface area contributed by atoms with Crippen LogP contribution in [-0.4, -0.2) is 30.2 Å². The summed E-state index contributed by atoms with van der Waals surface area (Å²) in [5.41, 5.74) is 2.20. The van der Waals surface area contributed by atoms with Crippen molar-refractivity contribution in [2.24, 2.45) is 7.05 Å². The molecule has 0 bridgehead atoms. The van der Waals surface area contributed by atoms with E-state index in [1.165, 1.54) is 11.0 Å². The summed E-state index contributed by atoms with van der Waals surface area (Å²) in [6, 6.07) is 15.0. The van der Waals surface area contributed by atoms with Crippen molar-refractivity contribution in [3.63, 3.8) is 0 Å². The Morgan fingerprint density at radius 3 is 2.85 bits per heavy atom. The second-order valence-electron chi connectivity index (χ2n) is 8.44. The van der Waals surface area contributed by atoms with Crippen LogP contribution in [0.3, 0.4) is 0 Å². The van der Waals surface area contributed by atoms with Crippen molar-refractivity contribution in [3.05, 3.63) is 70.5 Å². The Bertz CT molecular complexity index is 1390. The fourth-order valence-corrected chi connectivity index (χ4v) is 4.37.